The van der Waals surface area contributed by atoms with E-state index in [2.05, 4.69) is 0 Å². The minimum Gasteiger partial charge on any atom is -0.507 e. The van der Waals surface area contributed by atoms with Gasteiger partial charge in [-0.3, -0.25) is 4.79 Å². The lowest BCUT2D eigenvalue weighted by molar-refractivity contribution is -0.141. The summed E-state index contributed by atoms with van der Waals surface area (Å²) in [5.74, 6) is -1.20. The number of Topliss-reactive ketones (excluding diaryl/α,β-unsaturated/α-hetero) is 1. The van der Waals surface area contributed by atoms with Gasteiger partial charge in [0.05, 0.1) is 0 Å². The fourth-order valence-electron chi connectivity index (χ4n) is 3.87. The van der Waals surface area contributed by atoms with E-state index in [9.17, 15) is 14.7 Å². The molecule has 0 amide bonds. The van der Waals surface area contributed by atoms with Crippen LogP contribution in [-0.4, -0.2) is 23.0 Å². The summed E-state index contributed by atoms with van der Waals surface area (Å²) in [6.07, 6.45) is -0.0923. The van der Waals surface area contributed by atoms with Crippen molar-refractivity contribution in [3.8, 4) is 0 Å². The Hall–Kier alpha value is -2.53. The lowest BCUT2D eigenvalue weighted by Crippen LogP contribution is -2.17. The van der Waals surface area contributed by atoms with Crippen LogP contribution in [0.3, 0.4) is 0 Å². The quantitative estimate of drug-likeness (QED) is 0.569. The van der Waals surface area contributed by atoms with Gasteiger partial charge in [0.25, 0.3) is 0 Å². The molecule has 1 unspecified atom stereocenters. The topological polar surface area (TPSA) is 63.6 Å². The van der Waals surface area contributed by atoms with Gasteiger partial charge < -0.3 is 9.84 Å². The van der Waals surface area contributed by atoms with Crippen molar-refractivity contribution in [3.05, 3.63) is 71.0 Å². The molecule has 0 bridgehead atoms. The van der Waals surface area contributed by atoms with Crippen LogP contribution < -0.4 is 0 Å². The van der Waals surface area contributed by atoms with Crippen molar-refractivity contribution in [3.63, 3.8) is 0 Å². The maximum absolute atomic E-state index is 13.1. The van der Waals surface area contributed by atoms with Crippen molar-refractivity contribution < 1.29 is 19.4 Å². The van der Waals surface area contributed by atoms with Gasteiger partial charge in [-0.15, -0.1) is 0 Å². The highest BCUT2D eigenvalue weighted by atomic mass is 32.2. The smallest absolute Gasteiger partial charge is 0.346 e. The Labute approximate surface area is 168 Å². The zero-order valence-electron chi connectivity index (χ0n) is 15.8. The van der Waals surface area contributed by atoms with E-state index in [0.29, 0.717) is 6.42 Å². The van der Waals surface area contributed by atoms with E-state index in [1.807, 2.05) is 62.4 Å². The van der Waals surface area contributed by atoms with E-state index < -0.39 is 12.1 Å². The maximum atomic E-state index is 13.1. The molecule has 5 heteroatoms. The first-order valence-electron chi connectivity index (χ1n) is 9.48. The number of fused-ring (bicyclic) bond motifs is 2. The number of ketones is 1. The zero-order chi connectivity index (χ0) is 19.8. The fourth-order valence-corrected chi connectivity index (χ4v) is 5.06. The third kappa shape index (κ3) is 3.35. The predicted molar refractivity (Wildman–Crippen MR) is 107 cm³/mol. The highest BCUT2D eigenvalue weighted by molar-refractivity contribution is 7.99. The van der Waals surface area contributed by atoms with Crippen molar-refractivity contribution in [1.29, 1.82) is 0 Å². The Kier molecular flexibility index (Phi) is 5.02. The molecule has 0 fully saturated rings. The second-order valence-corrected chi connectivity index (χ2v) is 8.73. The molecule has 1 N–H and O–H groups in total. The summed E-state index contributed by atoms with van der Waals surface area (Å²) in [4.78, 5) is 27.6. The van der Waals surface area contributed by atoms with Crippen LogP contribution >= 0.6 is 11.8 Å². The fraction of sp³-hybridized carbons (Fsp3) is 0.304. The molecule has 144 valence electrons. The number of esters is 1. The van der Waals surface area contributed by atoms with Crippen LogP contribution in [0.1, 0.15) is 43.7 Å². The van der Waals surface area contributed by atoms with E-state index in [4.69, 9.17) is 4.74 Å². The van der Waals surface area contributed by atoms with Crippen LogP contribution in [0, 0.1) is 5.92 Å². The largest absolute Gasteiger partial charge is 0.507 e. The molecular weight excluding hydrogens is 372 g/mol. The Balaban J connectivity index is 1.67. The molecule has 0 aliphatic carbocycles. The zero-order valence-corrected chi connectivity index (χ0v) is 16.7. The van der Waals surface area contributed by atoms with Crippen molar-refractivity contribution in [2.75, 3.05) is 0 Å². The SMILES string of the molecule is CC(C)CC1OC(=O)C(C(=O)CC2c3ccccc3Sc3ccccc32)=C1O. The highest BCUT2D eigenvalue weighted by Gasteiger charge is 2.40. The number of benzene rings is 2. The lowest BCUT2D eigenvalue weighted by atomic mass is 9.85. The Morgan fingerprint density at radius 1 is 1.07 bits per heavy atom. The lowest BCUT2D eigenvalue weighted by Gasteiger charge is -2.27. The second-order valence-electron chi connectivity index (χ2n) is 7.64. The summed E-state index contributed by atoms with van der Waals surface area (Å²) in [6, 6.07) is 16.0. The first-order chi connectivity index (χ1) is 13.5. The molecule has 2 heterocycles. The number of carbonyl (C=O) groups excluding carboxylic acids is 2. The van der Waals surface area contributed by atoms with Gasteiger partial charge in [-0.1, -0.05) is 62.0 Å². The van der Waals surface area contributed by atoms with Gasteiger partial charge in [0.1, 0.15) is 5.57 Å². The molecule has 0 aromatic heterocycles. The van der Waals surface area contributed by atoms with Crippen molar-refractivity contribution in [2.24, 2.45) is 5.92 Å². The summed E-state index contributed by atoms with van der Waals surface area (Å²) < 4.78 is 5.26. The van der Waals surface area contributed by atoms with Crippen molar-refractivity contribution in [1.82, 2.24) is 0 Å². The maximum Gasteiger partial charge on any atom is 0.346 e. The molecule has 0 spiro atoms. The molecule has 2 aliphatic heterocycles. The highest BCUT2D eigenvalue weighted by Crippen LogP contribution is 2.47. The van der Waals surface area contributed by atoms with Gasteiger partial charge in [-0.2, -0.15) is 0 Å². The number of cyclic esters (lactones) is 1. The molecule has 2 aromatic rings. The number of hydrogen-bond acceptors (Lipinski definition) is 5. The normalized spacial score (nSPS) is 18.8. The Morgan fingerprint density at radius 3 is 2.21 bits per heavy atom. The summed E-state index contributed by atoms with van der Waals surface area (Å²) in [5, 5.41) is 10.5. The summed E-state index contributed by atoms with van der Waals surface area (Å²) >= 11 is 1.69. The number of aliphatic hydroxyl groups excluding tert-OH is 1. The number of ether oxygens (including phenoxy) is 1. The minimum absolute atomic E-state index is 0.122. The first kappa shape index (κ1) is 18.8. The monoisotopic (exact) mass is 394 g/mol. The molecular formula is C23H22O4S. The van der Waals surface area contributed by atoms with Gasteiger partial charge in [-0.25, -0.2) is 4.79 Å². The Morgan fingerprint density at radius 2 is 1.64 bits per heavy atom. The van der Waals surface area contributed by atoms with Crippen molar-refractivity contribution >= 4 is 23.5 Å². The van der Waals surface area contributed by atoms with Crippen LogP contribution in [0.4, 0.5) is 0 Å². The standard InChI is InChI=1S/C23H22O4S/c1-13(2)11-18-22(25)21(23(26)27-18)17(24)12-16-14-7-3-5-9-19(14)28-20-10-6-4-8-15(16)20/h3-10,13,16,18,25H,11-12H2,1-2H3. The number of aliphatic hydroxyl groups is 1. The molecule has 0 saturated carbocycles. The second kappa shape index (κ2) is 7.47. The van der Waals surface area contributed by atoms with E-state index in [-0.39, 0.29) is 35.4 Å². The molecule has 4 nitrogen and oxygen atoms in total. The molecule has 2 aliphatic rings. The van der Waals surface area contributed by atoms with Crippen LogP contribution in [0.15, 0.2) is 69.7 Å². The summed E-state index contributed by atoms with van der Waals surface area (Å²) in [7, 11) is 0. The number of hydrogen-bond donors (Lipinski definition) is 1. The summed E-state index contributed by atoms with van der Waals surface area (Å²) in [6.45, 7) is 3.96. The van der Waals surface area contributed by atoms with E-state index in [0.717, 1.165) is 20.9 Å². The predicted octanol–water partition coefficient (Wildman–Crippen LogP) is 5.03. The van der Waals surface area contributed by atoms with Gasteiger partial charge >= 0.3 is 5.97 Å². The van der Waals surface area contributed by atoms with Crippen molar-refractivity contribution in [2.45, 2.75) is 48.5 Å². The molecule has 4 rings (SSSR count). The summed E-state index contributed by atoms with van der Waals surface area (Å²) in [5.41, 5.74) is 1.97. The van der Waals surface area contributed by atoms with Gasteiger partial charge in [0, 0.05) is 22.1 Å². The molecule has 0 radical (unpaired) electrons. The van der Waals surface area contributed by atoms with Crippen LogP contribution in [0.5, 0.6) is 0 Å². The van der Waals surface area contributed by atoms with Crippen LogP contribution in [0.25, 0.3) is 0 Å². The van der Waals surface area contributed by atoms with Gasteiger partial charge in [-0.05, 0) is 35.6 Å². The van der Waals surface area contributed by atoms with E-state index >= 15 is 0 Å². The van der Waals surface area contributed by atoms with Crippen LogP contribution in [-0.2, 0) is 14.3 Å². The molecule has 28 heavy (non-hydrogen) atoms. The minimum atomic E-state index is -0.715. The third-order valence-electron chi connectivity index (χ3n) is 5.18. The molecule has 2 aromatic carbocycles. The number of rotatable bonds is 5. The average Bonchev–Trinajstić information content (AvgIpc) is 2.94. The Bertz CT molecular complexity index is 931. The first-order valence-corrected chi connectivity index (χ1v) is 10.3. The van der Waals surface area contributed by atoms with Gasteiger partial charge in [0.15, 0.2) is 17.6 Å². The van der Waals surface area contributed by atoms with E-state index in [1.54, 1.807) is 11.8 Å². The molecule has 1 atom stereocenters. The third-order valence-corrected chi connectivity index (χ3v) is 6.36. The average molecular weight is 394 g/mol. The molecule has 0 saturated heterocycles. The number of carbonyl (C=O) groups is 2. The van der Waals surface area contributed by atoms with E-state index in [1.165, 1.54) is 0 Å². The van der Waals surface area contributed by atoms with Crippen LogP contribution in [0.2, 0.25) is 0 Å². The van der Waals surface area contributed by atoms with Gasteiger partial charge in [0.2, 0.25) is 0 Å².